The molecule has 1 aromatic carbocycles. The van der Waals surface area contributed by atoms with Crippen LogP contribution in [0.3, 0.4) is 0 Å². The Morgan fingerprint density at radius 2 is 1.61 bits per heavy atom. The highest BCUT2D eigenvalue weighted by molar-refractivity contribution is 5.23. The van der Waals surface area contributed by atoms with Crippen LogP contribution in [0.15, 0.2) is 24.3 Å². The van der Waals surface area contributed by atoms with Crippen molar-refractivity contribution in [1.82, 2.24) is 0 Å². The van der Waals surface area contributed by atoms with E-state index < -0.39 is 5.60 Å². The van der Waals surface area contributed by atoms with Crippen LogP contribution in [0.5, 0.6) is 0 Å². The second-order valence-electron chi connectivity index (χ2n) is 6.68. The third-order valence-corrected chi connectivity index (χ3v) is 4.42. The summed E-state index contributed by atoms with van der Waals surface area (Å²) < 4.78 is 12.9. The van der Waals surface area contributed by atoms with E-state index in [2.05, 4.69) is 20.8 Å². The van der Waals surface area contributed by atoms with E-state index in [9.17, 15) is 9.50 Å². The van der Waals surface area contributed by atoms with Gasteiger partial charge in [-0.25, -0.2) is 4.39 Å². The normalized spacial score (nSPS) is 29.3. The molecule has 100 valence electrons. The first-order valence-corrected chi connectivity index (χ1v) is 6.80. The van der Waals surface area contributed by atoms with Crippen molar-refractivity contribution < 1.29 is 9.50 Å². The van der Waals surface area contributed by atoms with Gasteiger partial charge in [0.15, 0.2) is 0 Å². The van der Waals surface area contributed by atoms with Crippen LogP contribution in [0, 0.1) is 17.2 Å². The van der Waals surface area contributed by atoms with Gasteiger partial charge in [0.1, 0.15) is 5.82 Å². The zero-order valence-corrected chi connectivity index (χ0v) is 11.5. The summed E-state index contributed by atoms with van der Waals surface area (Å²) in [4.78, 5) is 0. The van der Waals surface area contributed by atoms with E-state index in [1.807, 2.05) is 0 Å². The first kappa shape index (κ1) is 13.5. The van der Waals surface area contributed by atoms with E-state index in [1.54, 1.807) is 12.1 Å². The van der Waals surface area contributed by atoms with E-state index in [1.165, 1.54) is 12.1 Å². The number of hydrogen-bond acceptors (Lipinski definition) is 1. The maximum atomic E-state index is 12.9. The summed E-state index contributed by atoms with van der Waals surface area (Å²) in [6.07, 6.45) is 3.63. The number of hydrogen-bond donors (Lipinski definition) is 1. The molecule has 1 aromatic rings. The van der Waals surface area contributed by atoms with Crippen molar-refractivity contribution >= 4 is 0 Å². The molecule has 1 fully saturated rings. The Morgan fingerprint density at radius 1 is 1.11 bits per heavy atom. The topological polar surface area (TPSA) is 20.2 Å². The summed E-state index contributed by atoms with van der Waals surface area (Å²) in [6, 6.07) is 6.30. The molecule has 0 bridgehead atoms. The van der Waals surface area contributed by atoms with Crippen LogP contribution in [0.4, 0.5) is 4.39 Å². The van der Waals surface area contributed by atoms with Crippen molar-refractivity contribution in [1.29, 1.82) is 0 Å². The predicted molar refractivity (Wildman–Crippen MR) is 71.7 cm³/mol. The Labute approximate surface area is 109 Å². The van der Waals surface area contributed by atoms with Gasteiger partial charge in [0, 0.05) is 0 Å². The van der Waals surface area contributed by atoms with Gasteiger partial charge in [0.2, 0.25) is 0 Å². The van der Waals surface area contributed by atoms with Crippen LogP contribution >= 0.6 is 0 Å². The lowest BCUT2D eigenvalue weighted by Crippen LogP contribution is -2.35. The van der Waals surface area contributed by atoms with Crippen molar-refractivity contribution in [3.63, 3.8) is 0 Å². The molecule has 0 spiro atoms. The molecule has 2 rings (SSSR count). The van der Waals surface area contributed by atoms with Crippen LogP contribution in [0.2, 0.25) is 0 Å². The molecule has 0 aromatic heterocycles. The molecule has 1 saturated carbocycles. The monoisotopic (exact) mass is 250 g/mol. The minimum absolute atomic E-state index is 0.245. The molecule has 0 amide bonds. The van der Waals surface area contributed by atoms with E-state index in [4.69, 9.17) is 0 Å². The smallest absolute Gasteiger partial charge is 0.123 e. The molecular weight excluding hydrogens is 227 g/mol. The summed E-state index contributed by atoms with van der Waals surface area (Å²) in [5.74, 6) is 0.420. The number of halogens is 1. The van der Waals surface area contributed by atoms with E-state index >= 15 is 0 Å². The van der Waals surface area contributed by atoms with Crippen LogP contribution in [-0.2, 0) is 5.60 Å². The van der Waals surface area contributed by atoms with Crippen molar-refractivity contribution in [2.75, 3.05) is 0 Å². The maximum Gasteiger partial charge on any atom is 0.123 e. The lowest BCUT2D eigenvalue weighted by molar-refractivity contribution is -0.0298. The molecule has 2 heteroatoms. The molecule has 1 N–H and O–H groups in total. The zero-order valence-electron chi connectivity index (χ0n) is 11.5. The van der Waals surface area contributed by atoms with Crippen molar-refractivity contribution in [2.24, 2.45) is 11.3 Å². The quantitative estimate of drug-likeness (QED) is 0.790. The lowest BCUT2D eigenvalue weighted by Gasteiger charge is -2.41. The highest BCUT2D eigenvalue weighted by Gasteiger charge is 2.38. The van der Waals surface area contributed by atoms with Gasteiger partial charge in [-0.2, -0.15) is 0 Å². The predicted octanol–water partition coefficient (Wildman–Crippen LogP) is 4.25. The standard InChI is InChI=1S/C16H23FO/c1-15(2,3)12-8-10-16(18,11-9-12)13-4-6-14(17)7-5-13/h4-7,12,18H,8-11H2,1-3H3. The Bertz CT molecular complexity index is 394. The minimum atomic E-state index is -0.755. The molecular formula is C16H23FO. The Balaban J connectivity index is 2.10. The van der Waals surface area contributed by atoms with Gasteiger partial charge in [-0.1, -0.05) is 32.9 Å². The molecule has 0 atom stereocenters. The summed E-state index contributed by atoms with van der Waals surface area (Å²) in [6.45, 7) is 6.79. The molecule has 0 radical (unpaired) electrons. The van der Waals surface area contributed by atoms with Crippen molar-refractivity contribution in [2.45, 2.75) is 52.1 Å². The van der Waals surface area contributed by atoms with E-state index in [0.717, 1.165) is 31.2 Å². The second kappa shape index (κ2) is 4.65. The fourth-order valence-corrected chi connectivity index (χ4v) is 3.01. The molecule has 1 aliphatic rings. The third kappa shape index (κ3) is 2.74. The average molecular weight is 250 g/mol. The number of benzene rings is 1. The van der Waals surface area contributed by atoms with Crippen molar-refractivity contribution in [3.8, 4) is 0 Å². The molecule has 0 unspecified atom stereocenters. The zero-order chi connectivity index (χ0) is 13.4. The highest BCUT2D eigenvalue weighted by atomic mass is 19.1. The third-order valence-electron chi connectivity index (χ3n) is 4.42. The molecule has 0 saturated heterocycles. The Morgan fingerprint density at radius 3 is 2.06 bits per heavy atom. The highest BCUT2D eigenvalue weighted by Crippen LogP contribution is 2.45. The van der Waals surface area contributed by atoms with Gasteiger partial charge in [-0.05, 0) is 54.7 Å². The van der Waals surface area contributed by atoms with Crippen LogP contribution in [0.25, 0.3) is 0 Å². The summed E-state index contributed by atoms with van der Waals surface area (Å²) >= 11 is 0. The Hall–Kier alpha value is -0.890. The SMILES string of the molecule is CC(C)(C)C1CCC(O)(c2ccc(F)cc2)CC1. The molecule has 1 aliphatic carbocycles. The van der Waals surface area contributed by atoms with Crippen LogP contribution in [0.1, 0.15) is 52.0 Å². The first-order valence-electron chi connectivity index (χ1n) is 6.80. The fraction of sp³-hybridized carbons (Fsp3) is 0.625. The molecule has 0 heterocycles. The van der Waals surface area contributed by atoms with Crippen LogP contribution in [-0.4, -0.2) is 5.11 Å². The van der Waals surface area contributed by atoms with Gasteiger partial charge < -0.3 is 5.11 Å². The van der Waals surface area contributed by atoms with Gasteiger partial charge in [-0.15, -0.1) is 0 Å². The number of aliphatic hydroxyl groups is 1. The molecule has 18 heavy (non-hydrogen) atoms. The number of rotatable bonds is 1. The van der Waals surface area contributed by atoms with Gasteiger partial charge >= 0.3 is 0 Å². The summed E-state index contributed by atoms with van der Waals surface area (Å²) in [5, 5.41) is 10.7. The van der Waals surface area contributed by atoms with Gasteiger partial charge in [-0.3, -0.25) is 0 Å². The Kier molecular flexibility index (Phi) is 3.50. The summed E-state index contributed by atoms with van der Waals surface area (Å²) in [5.41, 5.74) is 0.413. The second-order valence-corrected chi connectivity index (χ2v) is 6.68. The van der Waals surface area contributed by atoms with Crippen LogP contribution < -0.4 is 0 Å². The van der Waals surface area contributed by atoms with E-state index in [-0.39, 0.29) is 5.82 Å². The minimum Gasteiger partial charge on any atom is -0.385 e. The molecule has 0 aliphatic heterocycles. The lowest BCUT2D eigenvalue weighted by atomic mass is 9.67. The van der Waals surface area contributed by atoms with E-state index in [0.29, 0.717) is 11.3 Å². The fourth-order valence-electron chi connectivity index (χ4n) is 3.01. The largest absolute Gasteiger partial charge is 0.385 e. The van der Waals surface area contributed by atoms with Gasteiger partial charge in [0.25, 0.3) is 0 Å². The summed E-state index contributed by atoms with van der Waals surface area (Å²) in [7, 11) is 0. The molecule has 1 nitrogen and oxygen atoms in total. The maximum absolute atomic E-state index is 12.9. The average Bonchev–Trinajstić information content (AvgIpc) is 2.29. The first-order chi connectivity index (χ1) is 8.31. The van der Waals surface area contributed by atoms with Gasteiger partial charge in [0.05, 0.1) is 5.60 Å². The van der Waals surface area contributed by atoms with Crippen molar-refractivity contribution in [3.05, 3.63) is 35.6 Å².